The number of nitrogens with one attached hydrogen (secondary N) is 1. The Hall–Kier alpha value is -1.46. The third-order valence-corrected chi connectivity index (χ3v) is 4.52. The van der Waals surface area contributed by atoms with Gasteiger partial charge in [0.05, 0.1) is 11.4 Å². The SMILES string of the molecule is Cc1noc(C)c1CSCC(=O)NCCc1ccc(Cl)cc1. The fourth-order valence-electron chi connectivity index (χ4n) is 2.00. The smallest absolute Gasteiger partial charge is 0.230 e. The molecule has 0 fully saturated rings. The summed E-state index contributed by atoms with van der Waals surface area (Å²) in [4.78, 5) is 11.8. The molecule has 0 saturated heterocycles. The predicted molar refractivity (Wildman–Crippen MR) is 90.3 cm³/mol. The molecule has 0 bridgehead atoms. The van der Waals surface area contributed by atoms with Gasteiger partial charge in [0, 0.05) is 22.9 Å². The molecule has 0 radical (unpaired) electrons. The standard InChI is InChI=1S/C16H19ClN2O2S/c1-11-15(12(2)21-19-11)9-22-10-16(20)18-8-7-13-3-5-14(17)6-4-13/h3-6H,7-10H2,1-2H3,(H,18,20). The van der Waals surface area contributed by atoms with Crippen LogP contribution in [-0.2, 0) is 17.0 Å². The molecule has 0 saturated carbocycles. The lowest BCUT2D eigenvalue weighted by atomic mass is 10.1. The van der Waals surface area contributed by atoms with Crippen molar-refractivity contribution in [1.82, 2.24) is 10.5 Å². The van der Waals surface area contributed by atoms with Gasteiger partial charge >= 0.3 is 0 Å². The van der Waals surface area contributed by atoms with Gasteiger partial charge in [0.25, 0.3) is 0 Å². The van der Waals surface area contributed by atoms with E-state index in [0.717, 1.165) is 39.8 Å². The van der Waals surface area contributed by atoms with Crippen LogP contribution in [0.1, 0.15) is 22.6 Å². The van der Waals surface area contributed by atoms with E-state index in [-0.39, 0.29) is 5.91 Å². The second kappa shape index (κ2) is 8.25. The second-order valence-corrected chi connectivity index (χ2v) is 6.44. The first-order valence-corrected chi connectivity index (χ1v) is 8.60. The molecule has 4 nitrogen and oxygen atoms in total. The van der Waals surface area contributed by atoms with Gasteiger partial charge in [-0.2, -0.15) is 0 Å². The van der Waals surface area contributed by atoms with E-state index in [9.17, 15) is 4.79 Å². The summed E-state index contributed by atoms with van der Waals surface area (Å²) in [6.07, 6.45) is 0.803. The number of amides is 1. The molecule has 2 aromatic rings. The number of carbonyl (C=O) groups is 1. The molecule has 22 heavy (non-hydrogen) atoms. The molecule has 0 spiro atoms. The number of rotatable bonds is 7. The van der Waals surface area contributed by atoms with Crippen molar-refractivity contribution in [3.63, 3.8) is 0 Å². The first-order chi connectivity index (χ1) is 10.6. The van der Waals surface area contributed by atoms with Crippen LogP contribution < -0.4 is 5.32 Å². The Morgan fingerprint density at radius 2 is 2.05 bits per heavy atom. The minimum Gasteiger partial charge on any atom is -0.361 e. The van der Waals surface area contributed by atoms with Gasteiger partial charge in [0.2, 0.25) is 5.91 Å². The lowest BCUT2D eigenvalue weighted by molar-refractivity contribution is -0.118. The molecule has 118 valence electrons. The third-order valence-electron chi connectivity index (χ3n) is 3.31. The highest BCUT2D eigenvalue weighted by Gasteiger charge is 2.09. The van der Waals surface area contributed by atoms with Crippen molar-refractivity contribution in [2.75, 3.05) is 12.3 Å². The molecular formula is C16H19ClN2O2S. The minimum atomic E-state index is 0.0470. The summed E-state index contributed by atoms with van der Waals surface area (Å²) < 4.78 is 5.10. The molecule has 1 aromatic carbocycles. The van der Waals surface area contributed by atoms with Gasteiger partial charge in [-0.15, -0.1) is 11.8 Å². The quantitative estimate of drug-likeness (QED) is 0.839. The number of hydrogen-bond acceptors (Lipinski definition) is 4. The lowest BCUT2D eigenvalue weighted by Crippen LogP contribution is -2.27. The van der Waals surface area contributed by atoms with E-state index < -0.39 is 0 Å². The first kappa shape index (κ1) is 16.9. The molecule has 0 unspecified atom stereocenters. The molecule has 1 aromatic heterocycles. The van der Waals surface area contributed by atoms with Gasteiger partial charge in [-0.05, 0) is 38.0 Å². The zero-order valence-corrected chi connectivity index (χ0v) is 14.3. The van der Waals surface area contributed by atoms with E-state index in [1.54, 1.807) is 11.8 Å². The van der Waals surface area contributed by atoms with Gasteiger partial charge in [0.15, 0.2) is 0 Å². The number of halogens is 1. The molecule has 2 rings (SSSR count). The number of carbonyl (C=O) groups excluding carboxylic acids is 1. The average Bonchev–Trinajstić information content (AvgIpc) is 2.81. The molecule has 0 aliphatic rings. The molecule has 0 aliphatic heterocycles. The van der Waals surface area contributed by atoms with Crippen LogP contribution in [0.15, 0.2) is 28.8 Å². The number of aryl methyl sites for hydroxylation is 2. The van der Waals surface area contributed by atoms with E-state index in [1.807, 2.05) is 38.1 Å². The van der Waals surface area contributed by atoms with Crippen molar-refractivity contribution < 1.29 is 9.32 Å². The van der Waals surface area contributed by atoms with Crippen LogP contribution in [0.3, 0.4) is 0 Å². The van der Waals surface area contributed by atoms with Crippen LogP contribution in [0.5, 0.6) is 0 Å². The Balaban J connectivity index is 1.65. The number of benzene rings is 1. The molecule has 1 N–H and O–H groups in total. The van der Waals surface area contributed by atoms with Crippen LogP contribution in [0.25, 0.3) is 0 Å². The van der Waals surface area contributed by atoms with Crippen molar-refractivity contribution in [1.29, 1.82) is 0 Å². The van der Waals surface area contributed by atoms with Gasteiger partial charge in [-0.1, -0.05) is 28.9 Å². The summed E-state index contributed by atoms with van der Waals surface area (Å²) in [6.45, 7) is 4.44. The average molecular weight is 339 g/mol. The van der Waals surface area contributed by atoms with E-state index in [1.165, 1.54) is 0 Å². The van der Waals surface area contributed by atoms with Crippen LogP contribution in [0, 0.1) is 13.8 Å². The van der Waals surface area contributed by atoms with E-state index >= 15 is 0 Å². The summed E-state index contributed by atoms with van der Waals surface area (Å²) >= 11 is 7.40. The molecular weight excluding hydrogens is 320 g/mol. The zero-order chi connectivity index (χ0) is 15.9. The van der Waals surface area contributed by atoms with Crippen LogP contribution >= 0.6 is 23.4 Å². The number of thioether (sulfide) groups is 1. The molecule has 0 aliphatic carbocycles. The molecule has 1 heterocycles. The maximum Gasteiger partial charge on any atom is 0.230 e. The van der Waals surface area contributed by atoms with Crippen LogP contribution in [0.2, 0.25) is 5.02 Å². The summed E-state index contributed by atoms with van der Waals surface area (Å²) in [5.41, 5.74) is 3.14. The van der Waals surface area contributed by atoms with Gasteiger partial charge in [0.1, 0.15) is 5.76 Å². The number of nitrogens with zero attached hydrogens (tertiary/aromatic N) is 1. The second-order valence-electron chi connectivity index (χ2n) is 5.02. The third kappa shape index (κ3) is 5.07. The van der Waals surface area contributed by atoms with Crippen molar-refractivity contribution in [3.8, 4) is 0 Å². The Morgan fingerprint density at radius 1 is 1.32 bits per heavy atom. The normalized spacial score (nSPS) is 10.7. The van der Waals surface area contributed by atoms with Gasteiger partial charge in [-0.25, -0.2) is 0 Å². The fourth-order valence-corrected chi connectivity index (χ4v) is 3.13. The van der Waals surface area contributed by atoms with Crippen molar-refractivity contribution >= 4 is 29.3 Å². The number of aromatic nitrogens is 1. The van der Waals surface area contributed by atoms with Crippen LogP contribution in [0.4, 0.5) is 0 Å². The molecule has 6 heteroatoms. The zero-order valence-electron chi connectivity index (χ0n) is 12.7. The largest absolute Gasteiger partial charge is 0.361 e. The monoisotopic (exact) mass is 338 g/mol. The summed E-state index contributed by atoms with van der Waals surface area (Å²) in [7, 11) is 0. The van der Waals surface area contributed by atoms with Gasteiger partial charge in [-0.3, -0.25) is 4.79 Å². The lowest BCUT2D eigenvalue weighted by Gasteiger charge is -2.05. The molecule has 0 atom stereocenters. The topological polar surface area (TPSA) is 55.1 Å². The Morgan fingerprint density at radius 3 is 2.68 bits per heavy atom. The summed E-state index contributed by atoms with van der Waals surface area (Å²) in [5.74, 6) is 2.05. The highest BCUT2D eigenvalue weighted by Crippen LogP contribution is 2.19. The highest BCUT2D eigenvalue weighted by molar-refractivity contribution is 7.99. The summed E-state index contributed by atoms with van der Waals surface area (Å²) in [5, 5.41) is 7.55. The Bertz CT molecular complexity index is 606. The maximum atomic E-state index is 11.8. The van der Waals surface area contributed by atoms with Crippen molar-refractivity contribution in [3.05, 3.63) is 51.9 Å². The fraction of sp³-hybridized carbons (Fsp3) is 0.375. The Labute approximate surface area is 139 Å². The first-order valence-electron chi connectivity index (χ1n) is 7.07. The van der Waals surface area contributed by atoms with Crippen molar-refractivity contribution in [2.24, 2.45) is 0 Å². The van der Waals surface area contributed by atoms with Crippen LogP contribution in [-0.4, -0.2) is 23.4 Å². The minimum absolute atomic E-state index is 0.0470. The molecule has 1 amide bonds. The predicted octanol–water partition coefficient (Wildman–Crippen LogP) is 3.54. The van der Waals surface area contributed by atoms with E-state index in [2.05, 4.69) is 10.5 Å². The van der Waals surface area contributed by atoms with E-state index in [4.69, 9.17) is 16.1 Å². The van der Waals surface area contributed by atoms with Gasteiger partial charge < -0.3 is 9.84 Å². The maximum absolute atomic E-state index is 11.8. The van der Waals surface area contributed by atoms with Crippen molar-refractivity contribution in [2.45, 2.75) is 26.0 Å². The summed E-state index contributed by atoms with van der Waals surface area (Å²) in [6, 6.07) is 7.66. The van der Waals surface area contributed by atoms with E-state index in [0.29, 0.717) is 12.3 Å². The Kier molecular flexibility index (Phi) is 6.34. The highest BCUT2D eigenvalue weighted by atomic mass is 35.5. The number of hydrogen-bond donors (Lipinski definition) is 1.